The van der Waals surface area contributed by atoms with E-state index >= 15 is 0 Å². The number of carbonyl (C=O) groups is 2. The van der Waals surface area contributed by atoms with E-state index < -0.39 is 5.97 Å². The van der Waals surface area contributed by atoms with Crippen molar-refractivity contribution in [3.05, 3.63) is 35.4 Å². The summed E-state index contributed by atoms with van der Waals surface area (Å²) < 4.78 is 0. The minimum atomic E-state index is -0.838. The summed E-state index contributed by atoms with van der Waals surface area (Å²) in [6, 6.07) is 7.29. The number of benzene rings is 1. The Morgan fingerprint density at radius 3 is 2.74 bits per heavy atom. The monoisotopic (exact) mass is 261 g/mol. The van der Waals surface area contributed by atoms with Crippen LogP contribution in [0.5, 0.6) is 0 Å². The van der Waals surface area contributed by atoms with Gasteiger partial charge in [-0.05, 0) is 37.8 Å². The van der Waals surface area contributed by atoms with Crippen LogP contribution in [0.2, 0.25) is 0 Å². The van der Waals surface area contributed by atoms with Gasteiger partial charge in [-0.3, -0.25) is 9.59 Å². The first-order valence-electron chi connectivity index (χ1n) is 6.68. The van der Waals surface area contributed by atoms with Crippen LogP contribution in [0.1, 0.15) is 41.6 Å². The van der Waals surface area contributed by atoms with E-state index in [1.165, 1.54) is 0 Å². The van der Waals surface area contributed by atoms with Crippen molar-refractivity contribution in [2.45, 2.75) is 38.6 Å². The zero-order valence-corrected chi connectivity index (χ0v) is 11.1. The van der Waals surface area contributed by atoms with Gasteiger partial charge in [-0.1, -0.05) is 18.2 Å². The Kier molecular flexibility index (Phi) is 4.20. The second kappa shape index (κ2) is 5.87. The third kappa shape index (κ3) is 3.13. The SMILES string of the molecule is Cc1ccccc1C(=O)N1CCCCC1CC(=O)O. The maximum atomic E-state index is 12.5. The van der Waals surface area contributed by atoms with Gasteiger partial charge in [0.05, 0.1) is 6.42 Å². The van der Waals surface area contributed by atoms with E-state index in [-0.39, 0.29) is 18.4 Å². The van der Waals surface area contributed by atoms with Crippen LogP contribution >= 0.6 is 0 Å². The summed E-state index contributed by atoms with van der Waals surface area (Å²) in [5.41, 5.74) is 1.62. The van der Waals surface area contributed by atoms with E-state index in [0.29, 0.717) is 12.1 Å². The number of carboxylic acid groups (broad SMARTS) is 1. The Balaban J connectivity index is 2.20. The first-order valence-corrected chi connectivity index (χ1v) is 6.68. The summed E-state index contributed by atoms with van der Waals surface area (Å²) in [5, 5.41) is 8.95. The van der Waals surface area contributed by atoms with Crippen LogP contribution in [0.4, 0.5) is 0 Å². The van der Waals surface area contributed by atoms with Crippen LogP contribution in [-0.4, -0.2) is 34.5 Å². The number of aryl methyl sites for hydroxylation is 1. The van der Waals surface area contributed by atoms with Crippen molar-refractivity contribution in [2.75, 3.05) is 6.54 Å². The predicted molar refractivity (Wildman–Crippen MR) is 72.1 cm³/mol. The molecule has 1 saturated heterocycles. The van der Waals surface area contributed by atoms with Gasteiger partial charge in [-0.25, -0.2) is 0 Å². The number of hydrogen-bond donors (Lipinski definition) is 1. The van der Waals surface area contributed by atoms with Crippen LogP contribution < -0.4 is 0 Å². The largest absolute Gasteiger partial charge is 0.481 e. The molecule has 0 radical (unpaired) electrons. The molecule has 19 heavy (non-hydrogen) atoms. The Hall–Kier alpha value is -1.84. The Morgan fingerprint density at radius 1 is 1.32 bits per heavy atom. The molecule has 1 unspecified atom stereocenters. The summed E-state index contributed by atoms with van der Waals surface area (Å²) in [5.74, 6) is -0.876. The molecular weight excluding hydrogens is 242 g/mol. The van der Waals surface area contributed by atoms with Crippen molar-refractivity contribution >= 4 is 11.9 Å². The lowest BCUT2D eigenvalue weighted by Gasteiger charge is -2.35. The standard InChI is InChI=1S/C15H19NO3/c1-11-6-2-3-8-13(11)15(19)16-9-5-4-7-12(16)10-14(17)18/h2-3,6,8,12H,4-5,7,9-10H2,1H3,(H,17,18). The average molecular weight is 261 g/mol. The fourth-order valence-electron chi connectivity index (χ4n) is 2.65. The Morgan fingerprint density at radius 2 is 2.05 bits per heavy atom. The third-order valence-electron chi connectivity index (χ3n) is 3.67. The fraction of sp³-hybridized carbons (Fsp3) is 0.467. The normalized spacial score (nSPS) is 19.2. The average Bonchev–Trinajstić information content (AvgIpc) is 2.38. The summed E-state index contributed by atoms with van der Waals surface area (Å²) in [6.07, 6.45) is 2.77. The van der Waals surface area contributed by atoms with Gasteiger partial charge in [0, 0.05) is 18.2 Å². The maximum Gasteiger partial charge on any atom is 0.305 e. The zero-order chi connectivity index (χ0) is 13.8. The van der Waals surface area contributed by atoms with Crippen LogP contribution in [0, 0.1) is 6.92 Å². The van der Waals surface area contributed by atoms with Gasteiger partial charge in [0.15, 0.2) is 0 Å². The van der Waals surface area contributed by atoms with Gasteiger partial charge in [-0.2, -0.15) is 0 Å². The fourth-order valence-corrected chi connectivity index (χ4v) is 2.65. The summed E-state index contributed by atoms with van der Waals surface area (Å²) in [7, 11) is 0. The van der Waals surface area contributed by atoms with Gasteiger partial charge < -0.3 is 10.0 Å². The molecule has 1 aliphatic heterocycles. The molecule has 1 aliphatic rings. The Labute approximate surface area is 113 Å². The minimum absolute atomic E-state index is 0.0379. The molecule has 0 bridgehead atoms. The van der Waals surface area contributed by atoms with Gasteiger partial charge in [-0.15, -0.1) is 0 Å². The van der Waals surface area contributed by atoms with E-state index in [1.54, 1.807) is 4.90 Å². The van der Waals surface area contributed by atoms with E-state index in [2.05, 4.69) is 0 Å². The number of aliphatic carboxylic acids is 1. The summed E-state index contributed by atoms with van der Waals surface area (Å²) >= 11 is 0. The van der Waals surface area contributed by atoms with Crippen molar-refractivity contribution in [1.29, 1.82) is 0 Å². The smallest absolute Gasteiger partial charge is 0.305 e. The molecule has 102 valence electrons. The van der Waals surface area contributed by atoms with Crippen molar-refractivity contribution < 1.29 is 14.7 Å². The summed E-state index contributed by atoms with van der Waals surface area (Å²) in [6.45, 7) is 2.56. The molecular formula is C15H19NO3. The van der Waals surface area contributed by atoms with Crippen molar-refractivity contribution in [3.8, 4) is 0 Å². The number of nitrogens with zero attached hydrogens (tertiary/aromatic N) is 1. The van der Waals surface area contributed by atoms with Crippen molar-refractivity contribution in [2.24, 2.45) is 0 Å². The number of amides is 1. The van der Waals surface area contributed by atoms with E-state index in [9.17, 15) is 9.59 Å². The van der Waals surface area contributed by atoms with Crippen LogP contribution in [-0.2, 0) is 4.79 Å². The first kappa shape index (κ1) is 13.6. The molecule has 0 spiro atoms. The molecule has 0 aromatic heterocycles. The molecule has 1 amide bonds. The van der Waals surface area contributed by atoms with Gasteiger partial charge >= 0.3 is 5.97 Å². The van der Waals surface area contributed by atoms with Gasteiger partial charge in [0.1, 0.15) is 0 Å². The number of rotatable bonds is 3. The number of carboxylic acids is 1. The molecule has 2 rings (SSSR count). The highest BCUT2D eigenvalue weighted by Crippen LogP contribution is 2.23. The highest BCUT2D eigenvalue weighted by atomic mass is 16.4. The number of hydrogen-bond acceptors (Lipinski definition) is 2. The van der Waals surface area contributed by atoms with Crippen LogP contribution in [0.15, 0.2) is 24.3 Å². The van der Waals surface area contributed by atoms with Gasteiger partial charge in [0.25, 0.3) is 5.91 Å². The van der Waals surface area contributed by atoms with Crippen molar-refractivity contribution in [3.63, 3.8) is 0 Å². The highest BCUT2D eigenvalue weighted by molar-refractivity contribution is 5.96. The summed E-state index contributed by atoms with van der Waals surface area (Å²) in [4.78, 5) is 25.2. The molecule has 1 aromatic carbocycles. The van der Waals surface area contributed by atoms with Gasteiger partial charge in [0.2, 0.25) is 0 Å². The lowest BCUT2D eigenvalue weighted by molar-refractivity contribution is -0.138. The lowest BCUT2D eigenvalue weighted by atomic mass is 9.97. The highest BCUT2D eigenvalue weighted by Gasteiger charge is 2.29. The molecule has 0 saturated carbocycles. The molecule has 1 heterocycles. The molecule has 1 aromatic rings. The maximum absolute atomic E-state index is 12.5. The molecule has 1 atom stereocenters. The third-order valence-corrected chi connectivity index (χ3v) is 3.67. The topological polar surface area (TPSA) is 57.6 Å². The Bertz CT molecular complexity index is 484. The van der Waals surface area contributed by atoms with Crippen LogP contribution in [0.25, 0.3) is 0 Å². The predicted octanol–water partition coefficient (Wildman–Crippen LogP) is 2.46. The molecule has 4 heteroatoms. The van der Waals surface area contributed by atoms with Crippen molar-refractivity contribution in [1.82, 2.24) is 4.90 Å². The second-order valence-electron chi connectivity index (χ2n) is 5.06. The molecule has 0 aliphatic carbocycles. The number of piperidine rings is 1. The number of likely N-dealkylation sites (tertiary alicyclic amines) is 1. The quantitative estimate of drug-likeness (QED) is 0.909. The lowest BCUT2D eigenvalue weighted by Crippen LogP contribution is -2.44. The van der Waals surface area contributed by atoms with E-state index in [1.807, 2.05) is 31.2 Å². The number of carbonyl (C=O) groups excluding carboxylic acids is 1. The van der Waals surface area contributed by atoms with E-state index in [0.717, 1.165) is 24.8 Å². The first-order chi connectivity index (χ1) is 9.09. The molecule has 1 N–H and O–H groups in total. The van der Waals surface area contributed by atoms with E-state index in [4.69, 9.17) is 5.11 Å². The zero-order valence-electron chi connectivity index (χ0n) is 11.1. The molecule has 1 fully saturated rings. The minimum Gasteiger partial charge on any atom is -0.481 e. The van der Waals surface area contributed by atoms with Crippen LogP contribution in [0.3, 0.4) is 0 Å². The second-order valence-corrected chi connectivity index (χ2v) is 5.06. The molecule has 4 nitrogen and oxygen atoms in total.